The molecule has 7 nitrogen and oxygen atoms in total. The number of carbonyl (C=O) groups is 1. The second-order valence-corrected chi connectivity index (χ2v) is 5.71. The number of nitrogens with zero attached hydrogens (tertiary/aromatic N) is 3. The van der Waals surface area contributed by atoms with Gasteiger partial charge in [-0.25, -0.2) is 15.0 Å². The first kappa shape index (κ1) is 16.6. The lowest BCUT2D eigenvalue weighted by molar-refractivity contribution is -0.120. The van der Waals surface area contributed by atoms with Crippen molar-refractivity contribution in [1.29, 1.82) is 0 Å². The van der Waals surface area contributed by atoms with Gasteiger partial charge in [0.25, 0.3) is 0 Å². The predicted molar refractivity (Wildman–Crippen MR) is 93.7 cm³/mol. The summed E-state index contributed by atoms with van der Waals surface area (Å²) in [5.74, 6) is 1.23. The highest BCUT2D eigenvalue weighted by atomic mass is 16.4. The predicted octanol–water partition coefficient (Wildman–Crippen LogP) is 2.74. The summed E-state index contributed by atoms with van der Waals surface area (Å²) < 4.78 is 5.66. The Morgan fingerprint density at radius 3 is 2.40 bits per heavy atom. The van der Waals surface area contributed by atoms with Gasteiger partial charge < -0.3 is 4.42 Å². The molecule has 0 atom stereocenters. The van der Waals surface area contributed by atoms with Crippen molar-refractivity contribution < 1.29 is 9.21 Å². The zero-order valence-electron chi connectivity index (χ0n) is 14.3. The van der Waals surface area contributed by atoms with Crippen molar-refractivity contribution in [3.05, 3.63) is 59.2 Å². The molecular formula is C18H19N5O2. The monoisotopic (exact) mass is 337 g/mol. The molecule has 0 fully saturated rings. The molecule has 25 heavy (non-hydrogen) atoms. The number of hydrogen-bond acceptors (Lipinski definition) is 6. The van der Waals surface area contributed by atoms with Crippen LogP contribution in [0.25, 0.3) is 11.5 Å². The first-order chi connectivity index (χ1) is 12.0. The van der Waals surface area contributed by atoms with Crippen LogP contribution in [-0.2, 0) is 11.2 Å². The number of oxazole rings is 1. The zero-order valence-corrected chi connectivity index (χ0v) is 14.3. The largest absolute Gasteiger partial charge is 0.441 e. The van der Waals surface area contributed by atoms with Crippen molar-refractivity contribution >= 4 is 11.9 Å². The molecule has 3 aromatic rings. The van der Waals surface area contributed by atoms with E-state index < -0.39 is 0 Å². The maximum Gasteiger partial charge on any atom is 0.244 e. The van der Waals surface area contributed by atoms with Gasteiger partial charge in [0.15, 0.2) is 0 Å². The molecule has 7 heteroatoms. The van der Waals surface area contributed by atoms with E-state index in [4.69, 9.17) is 4.42 Å². The maximum absolute atomic E-state index is 12.1. The summed E-state index contributed by atoms with van der Waals surface area (Å²) in [4.78, 5) is 25.0. The van der Waals surface area contributed by atoms with E-state index >= 15 is 0 Å². The van der Waals surface area contributed by atoms with Crippen molar-refractivity contribution in [1.82, 2.24) is 20.4 Å². The smallest absolute Gasteiger partial charge is 0.244 e. The first-order valence-electron chi connectivity index (χ1n) is 7.90. The van der Waals surface area contributed by atoms with Crippen molar-refractivity contribution in [2.45, 2.75) is 27.2 Å². The van der Waals surface area contributed by atoms with Crippen molar-refractivity contribution in [2.24, 2.45) is 0 Å². The second kappa shape index (κ2) is 7.12. The Labute approximate surface area is 145 Å². The number of benzene rings is 1. The van der Waals surface area contributed by atoms with Gasteiger partial charge in [-0.05, 0) is 39.0 Å². The van der Waals surface area contributed by atoms with Crippen LogP contribution in [-0.4, -0.2) is 20.9 Å². The van der Waals surface area contributed by atoms with E-state index in [2.05, 4.69) is 25.8 Å². The average Bonchev–Trinajstić information content (AvgIpc) is 2.94. The highest BCUT2D eigenvalue weighted by Gasteiger charge is 2.14. The third-order valence-electron chi connectivity index (χ3n) is 3.54. The number of aromatic nitrogens is 3. The molecule has 0 unspecified atom stereocenters. The van der Waals surface area contributed by atoms with Crippen LogP contribution >= 0.6 is 0 Å². The third kappa shape index (κ3) is 4.20. The fraction of sp³-hybridized carbons (Fsp3) is 0.222. The topological polar surface area (TPSA) is 92.9 Å². The van der Waals surface area contributed by atoms with E-state index in [-0.39, 0.29) is 12.3 Å². The van der Waals surface area contributed by atoms with Crippen LogP contribution in [0.1, 0.15) is 22.8 Å². The minimum absolute atomic E-state index is 0.0972. The molecule has 2 N–H and O–H groups in total. The number of hydrazine groups is 1. The molecular weight excluding hydrogens is 318 g/mol. The van der Waals surface area contributed by atoms with Gasteiger partial charge in [-0.15, -0.1) is 0 Å². The zero-order chi connectivity index (χ0) is 17.8. The highest BCUT2D eigenvalue weighted by molar-refractivity contribution is 5.79. The Kier molecular flexibility index (Phi) is 4.74. The number of nitrogens with one attached hydrogen (secondary N) is 2. The van der Waals surface area contributed by atoms with Gasteiger partial charge in [-0.2, -0.15) is 0 Å². The Bertz CT molecular complexity index is 869. The number of amides is 1. The number of hydrogen-bond donors (Lipinski definition) is 2. The van der Waals surface area contributed by atoms with Crippen LogP contribution in [0.3, 0.4) is 0 Å². The summed E-state index contributed by atoms with van der Waals surface area (Å²) in [5, 5.41) is 0. The van der Waals surface area contributed by atoms with Crippen LogP contribution in [0.4, 0.5) is 5.95 Å². The summed E-state index contributed by atoms with van der Waals surface area (Å²) in [6.45, 7) is 5.53. The lowest BCUT2D eigenvalue weighted by atomic mass is 10.2. The van der Waals surface area contributed by atoms with E-state index in [0.29, 0.717) is 23.3 Å². The summed E-state index contributed by atoms with van der Waals surface area (Å²) in [6, 6.07) is 11.4. The molecule has 3 rings (SSSR count). The second-order valence-electron chi connectivity index (χ2n) is 5.71. The highest BCUT2D eigenvalue weighted by Crippen LogP contribution is 2.21. The fourth-order valence-corrected chi connectivity index (χ4v) is 2.40. The SMILES string of the molecule is Cc1cc(C)nc(NNC(=O)Cc2nc(-c3ccccc3)oc2C)n1. The van der Waals surface area contributed by atoms with E-state index in [1.165, 1.54) is 0 Å². The summed E-state index contributed by atoms with van der Waals surface area (Å²) >= 11 is 0. The van der Waals surface area contributed by atoms with E-state index in [1.807, 2.05) is 50.2 Å². The number of anilines is 1. The molecule has 128 valence electrons. The number of carbonyl (C=O) groups excluding carboxylic acids is 1. The Hall–Kier alpha value is -3.22. The van der Waals surface area contributed by atoms with E-state index in [1.54, 1.807) is 6.92 Å². The molecule has 0 aliphatic heterocycles. The molecule has 0 saturated carbocycles. The lowest BCUT2D eigenvalue weighted by Crippen LogP contribution is -2.32. The first-order valence-corrected chi connectivity index (χ1v) is 7.90. The van der Waals surface area contributed by atoms with Gasteiger partial charge in [-0.1, -0.05) is 18.2 Å². The van der Waals surface area contributed by atoms with Crippen LogP contribution in [0, 0.1) is 20.8 Å². The summed E-state index contributed by atoms with van der Waals surface area (Å²) in [6.07, 6.45) is 0.0972. The van der Waals surface area contributed by atoms with Gasteiger partial charge in [-0.3, -0.25) is 15.6 Å². The van der Waals surface area contributed by atoms with Gasteiger partial charge >= 0.3 is 0 Å². The standard InChI is InChI=1S/C18H19N5O2/c1-11-9-12(2)20-18(19-11)23-22-16(24)10-15-13(3)25-17(21-15)14-7-5-4-6-8-14/h4-9H,10H2,1-3H3,(H,22,24)(H,19,20,23). The summed E-state index contributed by atoms with van der Waals surface area (Å²) in [5.41, 5.74) is 8.42. The maximum atomic E-state index is 12.1. The number of rotatable bonds is 5. The normalized spacial score (nSPS) is 10.5. The molecule has 0 spiro atoms. The molecule has 0 radical (unpaired) electrons. The quantitative estimate of drug-likeness (QED) is 0.695. The Morgan fingerprint density at radius 1 is 1.04 bits per heavy atom. The van der Waals surface area contributed by atoms with Crippen LogP contribution in [0.5, 0.6) is 0 Å². The van der Waals surface area contributed by atoms with Gasteiger partial charge in [0.1, 0.15) is 5.76 Å². The molecule has 0 saturated heterocycles. The van der Waals surface area contributed by atoms with E-state index in [0.717, 1.165) is 17.0 Å². The third-order valence-corrected chi connectivity index (χ3v) is 3.54. The van der Waals surface area contributed by atoms with Crippen molar-refractivity contribution in [3.8, 4) is 11.5 Å². The number of aryl methyl sites for hydroxylation is 3. The Morgan fingerprint density at radius 2 is 1.72 bits per heavy atom. The Balaban J connectivity index is 1.64. The average molecular weight is 337 g/mol. The molecule has 0 aliphatic carbocycles. The van der Waals surface area contributed by atoms with Crippen LogP contribution < -0.4 is 10.9 Å². The van der Waals surface area contributed by atoms with Gasteiger partial charge in [0.05, 0.1) is 12.1 Å². The summed E-state index contributed by atoms with van der Waals surface area (Å²) in [7, 11) is 0. The minimum atomic E-state index is -0.251. The van der Waals surface area contributed by atoms with E-state index in [9.17, 15) is 4.79 Å². The molecule has 2 aromatic heterocycles. The molecule has 1 amide bonds. The van der Waals surface area contributed by atoms with Crippen LogP contribution in [0.15, 0.2) is 40.8 Å². The lowest BCUT2D eigenvalue weighted by Gasteiger charge is -2.07. The van der Waals surface area contributed by atoms with Crippen molar-refractivity contribution in [3.63, 3.8) is 0 Å². The molecule has 1 aromatic carbocycles. The minimum Gasteiger partial charge on any atom is -0.441 e. The molecule has 2 heterocycles. The fourth-order valence-electron chi connectivity index (χ4n) is 2.40. The van der Waals surface area contributed by atoms with Crippen LogP contribution in [0.2, 0.25) is 0 Å². The molecule has 0 bridgehead atoms. The van der Waals surface area contributed by atoms with Gasteiger partial charge in [0.2, 0.25) is 17.7 Å². The van der Waals surface area contributed by atoms with Gasteiger partial charge in [0, 0.05) is 17.0 Å². The van der Waals surface area contributed by atoms with Crippen molar-refractivity contribution in [2.75, 3.05) is 5.43 Å². The molecule has 0 aliphatic rings.